The number of benzene rings is 1. The average molecular weight is 288 g/mol. The van der Waals surface area contributed by atoms with E-state index in [4.69, 9.17) is 17.3 Å². The highest BCUT2D eigenvalue weighted by Crippen LogP contribution is 2.41. The van der Waals surface area contributed by atoms with Crippen molar-refractivity contribution in [2.75, 3.05) is 20.1 Å². The van der Waals surface area contributed by atoms with Crippen LogP contribution in [-0.4, -0.2) is 30.0 Å². The molecule has 4 heteroatoms. The van der Waals surface area contributed by atoms with Crippen molar-refractivity contribution in [1.29, 1.82) is 0 Å². The van der Waals surface area contributed by atoms with E-state index in [0.717, 1.165) is 11.6 Å². The zero-order chi connectivity index (χ0) is 14.1. The topological polar surface area (TPSA) is 42.2 Å². The van der Waals surface area contributed by atoms with Crippen LogP contribution < -0.4 is 5.73 Å². The van der Waals surface area contributed by atoms with Gasteiger partial charge in [0.15, 0.2) is 0 Å². The van der Waals surface area contributed by atoms with Crippen LogP contribution in [0.3, 0.4) is 0 Å². The van der Waals surface area contributed by atoms with E-state index < -0.39 is 0 Å². The van der Waals surface area contributed by atoms with E-state index in [9.17, 15) is 0 Å². The molecule has 2 heterocycles. The molecule has 0 aliphatic carbocycles. The lowest BCUT2D eigenvalue weighted by Crippen LogP contribution is -2.39. The number of nitrogens with two attached hydrogens (primary N) is 1. The molecule has 0 saturated heterocycles. The zero-order valence-electron chi connectivity index (χ0n) is 11.5. The van der Waals surface area contributed by atoms with Gasteiger partial charge < -0.3 is 5.73 Å². The Kier molecular flexibility index (Phi) is 3.74. The molecule has 0 fully saturated rings. The van der Waals surface area contributed by atoms with E-state index in [1.54, 1.807) is 6.20 Å². The molecule has 1 aliphatic heterocycles. The van der Waals surface area contributed by atoms with Crippen LogP contribution >= 0.6 is 11.6 Å². The van der Waals surface area contributed by atoms with Crippen LogP contribution in [0.2, 0.25) is 5.02 Å². The summed E-state index contributed by atoms with van der Waals surface area (Å²) in [5, 5.41) is 0.822. The third-order valence-corrected chi connectivity index (χ3v) is 4.44. The van der Waals surface area contributed by atoms with Crippen molar-refractivity contribution in [1.82, 2.24) is 9.88 Å². The van der Waals surface area contributed by atoms with Gasteiger partial charge in [-0.3, -0.25) is 9.88 Å². The maximum absolute atomic E-state index is 6.48. The van der Waals surface area contributed by atoms with Crippen LogP contribution in [0.5, 0.6) is 0 Å². The molecule has 0 spiro atoms. The van der Waals surface area contributed by atoms with Crippen molar-refractivity contribution in [3.63, 3.8) is 0 Å². The molecule has 1 aromatic carbocycles. The Labute approximate surface area is 124 Å². The Morgan fingerprint density at radius 1 is 1.35 bits per heavy atom. The SMILES string of the molecule is CN1CC(c2cccnc2)c2c(Cl)cccc2C1CN. The number of halogens is 1. The molecule has 2 unspecified atom stereocenters. The summed E-state index contributed by atoms with van der Waals surface area (Å²) < 4.78 is 0. The summed E-state index contributed by atoms with van der Waals surface area (Å²) in [5.41, 5.74) is 9.59. The lowest BCUT2D eigenvalue weighted by atomic mass is 9.82. The summed E-state index contributed by atoms with van der Waals surface area (Å²) in [7, 11) is 2.12. The predicted molar refractivity (Wildman–Crippen MR) is 82.0 cm³/mol. The summed E-state index contributed by atoms with van der Waals surface area (Å²) in [6, 6.07) is 10.4. The van der Waals surface area contributed by atoms with E-state index in [0.29, 0.717) is 6.54 Å². The van der Waals surface area contributed by atoms with E-state index >= 15 is 0 Å². The first-order chi connectivity index (χ1) is 9.72. The molecule has 3 rings (SSSR count). The number of likely N-dealkylation sites (N-methyl/N-ethyl adjacent to an activating group) is 1. The second-order valence-electron chi connectivity index (χ2n) is 5.27. The van der Waals surface area contributed by atoms with Gasteiger partial charge in [-0.1, -0.05) is 29.8 Å². The molecule has 0 amide bonds. The molecule has 0 saturated carbocycles. The van der Waals surface area contributed by atoms with Crippen molar-refractivity contribution >= 4 is 11.6 Å². The standard InChI is InChI=1S/C16H18ClN3/c1-20-10-13(11-4-3-7-19-9-11)16-12(15(20)8-18)5-2-6-14(16)17/h2-7,9,13,15H,8,10,18H2,1H3. The molecule has 1 aliphatic rings. The zero-order valence-corrected chi connectivity index (χ0v) is 12.2. The third kappa shape index (κ3) is 2.22. The second kappa shape index (κ2) is 5.52. The molecule has 104 valence electrons. The van der Waals surface area contributed by atoms with Gasteiger partial charge in [0.2, 0.25) is 0 Å². The van der Waals surface area contributed by atoms with Gasteiger partial charge in [-0.15, -0.1) is 0 Å². The fourth-order valence-corrected chi connectivity index (χ4v) is 3.43. The number of fused-ring (bicyclic) bond motifs is 1. The minimum absolute atomic E-state index is 0.233. The Bertz CT molecular complexity index is 600. The van der Waals surface area contributed by atoms with Crippen molar-refractivity contribution in [2.45, 2.75) is 12.0 Å². The van der Waals surface area contributed by atoms with E-state index in [2.05, 4.69) is 29.1 Å². The molecule has 2 N–H and O–H groups in total. The van der Waals surface area contributed by atoms with Crippen molar-refractivity contribution in [3.05, 3.63) is 64.4 Å². The molecule has 0 radical (unpaired) electrons. The fraction of sp³-hybridized carbons (Fsp3) is 0.312. The Hall–Kier alpha value is -1.42. The predicted octanol–water partition coefficient (Wildman–Crippen LogP) is 2.81. The Morgan fingerprint density at radius 2 is 2.20 bits per heavy atom. The van der Waals surface area contributed by atoms with Gasteiger partial charge >= 0.3 is 0 Å². The highest BCUT2D eigenvalue weighted by atomic mass is 35.5. The molecule has 3 nitrogen and oxygen atoms in total. The van der Waals surface area contributed by atoms with Crippen molar-refractivity contribution < 1.29 is 0 Å². The lowest BCUT2D eigenvalue weighted by Gasteiger charge is -2.39. The monoisotopic (exact) mass is 287 g/mol. The number of hydrogen-bond donors (Lipinski definition) is 1. The van der Waals surface area contributed by atoms with Gasteiger partial charge in [0.05, 0.1) is 0 Å². The van der Waals surface area contributed by atoms with Gasteiger partial charge in [0, 0.05) is 42.5 Å². The first kappa shape index (κ1) is 13.6. The third-order valence-electron chi connectivity index (χ3n) is 4.11. The summed E-state index contributed by atoms with van der Waals surface area (Å²) in [4.78, 5) is 6.54. The van der Waals surface area contributed by atoms with Crippen LogP contribution in [0.4, 0.5) is 0 Å². The van der Waals surface area contributed by atoms with Gasteiger partial charge in [-0.2, -0.15) is 0 Å². The van der Waals surface area contributed by atoms with Gasteiger partial charge in [0.1, 0.15) is 0 Å². The second-order valence-corrected chi connectivity index (χ2v) is 5.68. The van der Waals surface area contributed by atoms with Gasteiger partial charge in [-0.05, 0) is 35.9 Å². The maximum Gasteiger partial charge on any atom is 0.0471 e. The summed E-state index contributed by atoms with van der Waals surface area (Å²) in [5.74, 6) is 0.250. The van der Waals surface area contributed by atoms with Gasteiger partial charge in [0.25, 0.3) is 0 Å². The molecule has 0 bridgehead atoms. The lowest BCUT2D eigenvalue weighted by molar-refractivity contribution is 0.223. The summed E-state index contributed by atoms with van der Waals surface area (Å²) in [6.07, 6.45) is 3.72. The van der Waals surface area contributed by atoms with Crippen LogP contribution in [-0.2, 0) is 0 Å². The first-order valence-corrected chi connectivity index (χ1v) is 7.18. The van der Waals surface area contributed by atoms with Crippen molar-refractivity contribution in [3.8, 4) is 0 Å². The quantitative estimate of drug-likeness (QED) is 0.923. The van der Waals surface area contributed by atoms with Crippen LogP contribution in [0.25, 0.3) is 0 Å². The average Bonchev–Trinajstić information content (AvgIpc) is 2.47. The van der Waals surface area contributed by atoms with Crippen LogP contribution in [0.15, 0.2) is 42.7 Å². The number of rotatable bonds is 2. The number of aromatic nitrogens is 1. The minimum Gasteiger partial charge on any atom is -0.329 e. The number of pyridine rings is 1. The molecule has 2 aromatic rings. The number of hydrogen-bond acceptors (Lipinski definition) is 3. The van der Waals surface area contributed by atoms with E-state index in [1.807, 2.05) is 24.4 Å². The van der Waals surface area contributed by atoms with E-state index in [1.165, 1.54) is 16.7 Å². The van der Waals surface area contributed by atoms with Crippen molar-refractivity contribution in [2.24, 2.45) is 5.73 Å². The smallest absolute Gasteiger partial charge is 0.0471 e. The molecule has 1 aromatic heterocycles. The minimum atomic E-state index is 0.233. The largest absolute Gasteiger partial charge is 0.329 e. The van der Waals surface area contributed by atoms with E-state index in [-0.39, 0.29) is 12.0 Å². The fourth-order valence-electron chi connectivity index (χ4n) is 3.12. The normalized spacial score (nSPS) is 22.6. The van der Waals surface area contributed by atoms with Crippen LogP contribution in [0, 0.1) is 0 Å². The number of nitrogens with zero attached hydrogens (tertiary/aromatic N) is 2. The molecular weight excluding hydrogens is 270 g/mol. The molecule has 2 atom stereocenters. The molecular formula is C16H18ClN3. The highest BCUT2D eigenvalue weighted by molar-refractivity contribution is 6.31. The summed E-state index contributed by atoms with van der Waals surface area (Å²) >= 11 is 6.48. The summed E-state index contributed by atoms with van der Waals surface area (Å²) in [6.45, 7) is 1.51. The Balaban J connectivity index is 2.15. The molecule has 20 heavy (non-hydrogen) atoms. The van der Waals surface area contributed by atoms with Gasteiger partial charge in [-0.25, -0.2) is 0 Å². The first-order valence-electron chi connectivity index (χ1n) is 6.81. The highest BCUT2D eigenvalue weighted by Gasteiger charge is 2.32. The van der Waals surface area contributed by atoms with Crippen LogP contribution in [0.1, 0.15) is 28.7 Å². The Morgan fingerprint density at radius 3 is 2.90 bits per heavy atom. The maximum atomic E-state index is 6.48.